The van der Waals surface area contributed by atoms with Crippen LogP contribution in [0, 0.1) is 29.6 Å². The van der Waals surface area contributed by atoms with Crippen molar-refractivity contribution in [2.24, 2.45) is 40.5 Å². The van der Waals surface area contributed by atoms with Gasteiger partial charge in [0.15, 0.2) is 31.8 Å². The van der Waals surface area contributed by atoms with Gasteiger partial charge in [-0.05, 0) is 79.7 Å². The first kappa shape index (κ1) is 45.9. The summed E-state index contributed by atoms with van der Waals surface area (Å²) in [5.41, 5.74) is -0.385. The average molecular weight is 788 g/mol. The molecule has 0 aliphatic carbocycles. The van der Waals surface area contributed by atoms with Crippen molar-refractivity contribution in [2.75, 3.05) is 21.2 Å². The van der Waals surface area contributed by atoms with E-state index < -0.39 is 103 Å². The van der Waals surface area contributed by atoms with Crippen LogP contribution in [0.1, 0.15) is 89.0 Å². The van der Waals surface area contributed by atoms with Crippen molar-refractivity contribution in [3.05, 3.63) is 0 Å². The van der Waals surface area contributed by atoms with Gasteiger partial charge in [0, 0.05) is 36.8 Å². The number of rotatable bonds is 10. The molecule has 310 valence electrons. The number of ether oxygens (including phenoxy) is 5. The number of ketones is 2. The van der Waals surface area contributed by atoms with Gasteiger partial charge in [-0.3, -0.25) is 14.4 Å². The summed E-state index contributed by atoms with van der Waals surface area (Å²) in [6.45, 7) is 18.4. The Hall–Kier alpha value is -2.50. The second kappa shape index (κ2) is 17.3. The number of hydrogen-bond donors (Lipinski definition) is 2. The topological polar surface area (TPSA) is 186 Å². The maximum atomic E-state index is 16.8. The molecule has 0 aromatic carbocycles. The lowest BCUT2D eigenvalue weighted by atomic mass is 9.67. The van der Waals surface area contributed by atoms with Crippen LogP contribution in [-0.2, 0) is 47.3 Å². The van der Waals surface area contributed by atoms with E-state index in [9.17, 15) is 24.4 Å². The molecule has 0 unspecified atom stereocenters. The van der Waals surface area contributed by atoms with Gasteiger partial charge in [0.05, 0.1) is 17.8 Å². The molecule has 3 heterocycles. The molecule has 3 N–H and O–H groups in total. The van der Waals surface area contributed by atoms with E-state index in [2.05, 4.69) is 30.8 Å². The molecule has 0 saturated carbocycles. The van der Waals surface area contributed by atoms with Crippen LogP contribution in [0.15, 0.2) is 5.16 Å². The highest BCUT2D eigenvalue weighted by atomic mass is 28.4. The van der Waals surface area contributed by atoms with Crippen LogP contribution >= 0.6 is 0 Å². The maximum Gasteiger partial charge on any atom is 0.351 e. The first-order chi connectivity index (χ1) is 24.9. The highest BCUT2D eigenvalue weighted by Gasteiger charge is 2.63. The Balaban J connectivity index is 2.24. The van der Waals surface area contributed by atoms with Crippen molar-refractivity contribution >= 4 is 37.7 Å². The standard InChI is InChI=1S/C38H66FN3O11Si/c1-15-54(16-2,17-3)53-29-25(42(12)13)18-21(5)49-34(29)51-31-23(7)30(44)37(10,39)35(46)50-24(8)38(11)27(26(32(40)41-47)33(45)52-38)22(6)28(43)20(4)19-36(31,9)48-14/h20-27,29,31,34,47H,15-19H2,1-14H3,(H2,40,41)/t20-,21-,22-,23+,24+,25+,26-,27+,29-,31-,34+,36-,37+,38+/m1/s1. The van der Waals surface area contributed by atoms with Crippen LogP contribution < -0.4 is 5.73 Å². The van der Waals surface area contributed by atoms with Gasteiger partial charge in [-0.1, -0.05) is 46.7 Å². The Morgan fingerprint density at radius 3 is 2.09 bits per heavy atom. The maximum absolute atomic E-state index is 16.8. The number of likely N-dealkylation sites (N-methyl/N-ethyl adjacent to an activating group) is 1. The Morgan fingerprint density at radius 1 is 1.02 bits per heavy atom. The number of halogens is 1. The Bertz CT molecular complexity index is 1400. The van der Waals surface area contributed by atoms with Gasteiger partial charge in [-0.2, -0.15) is 0 Å². The summed E-state index contributed by atoms with van der Waals surface area (Å²) in [6, 6.07) is 2.45. The molecule has 0 amide bonds. The van der Waals surface area contributed by atoms with E-state index in [4.69, 9.17) is 33.8 Å². The fourth-order valence-corrected chi connectivity index (χ4v) is 11.9. The third-order valence-corrected chi connectivity index (χ3v) is 17.6. The number of cyclic esters (lactones) is 1. The third kappa shape index (κ3) is 8.58. The minimum Gasteiger partial charge on any atom is -0.456 e. The number of carbonyl (C=O) groups excluding carboxylic acids is 4. The molecule has 16 heteroatoms. The quantitative estimate of drug-likeness (QED) is 0.0594. The third-order valence-electron chi connectivity index (χ3n) is 12.9. The van der Waals surface area contributed by atoms with Crippen molar-refractivity contribution in [2.45, 2.75) is 161 Å². The van der Waals surface area contributed by atoms with Crippen LogP contribution in [0.5, 0.6) is 0 Å². The van der Waals surface area contributed by atoms with Gasteiger partial charge in [0.1, 0.15) is 23.9 Å². The van der Waals surface area contributed by atoms with Gasteiger partial charge in [0.2, 0.25) is 0 Å². The summed E-state index contributed by atoms with van der Waals surface area (Å²) in [7, 11) is 3.07. The molecule has 3 saturated heterocycles. The normalized spacial score (nSPS) is 42.0. The predicted molar refractivity (Wildman–Crippen MR) is 201 cm³/mol. The molecule has 0 bridgehead atoms. The lowest BCUT2D eigenvalue weighted by Crippen LogP contribution is -2.62. The van der Waals surface area contributed by atoms with E-state index in [-0.39, 0.29) is 24.3 Å². The molecule has 0 aromatic heterocycles. The van der Waals surface area contributed by atoms with E-state index in [0.717, 1.165) is 25.1 Å². The van der Waals surface area contributed by atoms with Gasteiger partial charge >= 0.3 is 11.9 Å². The number of nitrogens with zero attached hydrogens (tertiary/aromatic N) is 2. The summed E-state index contributed by atoms with van der Waals surface area (Å²) in [5, 5.41) is 12.6. The molecule has 3 fully saturated rings. The summed E-state index contributed by atoms with van der Waals surface area (Å²) < 4.78 is 54.8. The molecule has 0 radical (unpaired) electrons. The van der Waals surface area contributed by atoms with Crippen molar-refractivity contribution in [1.29, 1.82) is 0 Å². The molecular weight excluding hydrogens is 722 g/mol. The fraction of sp³-hybridized carbons (Fsp3) is 0.868. The van der Waals surface area contributed by atoms with Crippen LogP contribution in [0.25, 0.3) is 0 Å². The minimum absolute atomic E-state index is 0.0209. The van der Waals surface area contributed by atoms with E-state index in [0.29, 0.717) is 6.42 Å². The van der Waals surface area contributed by atoms with Crippen LogP contribution in [0.3, 0.4) is 0 Å². The highest BCUT2D eigenvalue weighted by molar-refractivity contribution is 6.73. The number of methoxy groups -OCH3 is 1. The van der Waals surface area contributed by atoms with Gasteiger partial charge in [0.25, 0.3) is 5.67 Å². The smallest absolute Gasteiger partial charge is 0.351 e. The molecule has 3 rings (SSSR count). The van der Waals surface area contributed by atoms with Crippen molar-refractivity contribution in [3.63, 3.8) is 0 Å². The van der Waals surface area contributed by atoms with E-state index in [1.165, 1.54) is 27.9 Å². The van der Waals surface area contributed by atoms with Crippen molar-refractivity contribution in [1.82, 2.24) is 4.90 Å². The zero-order valence-electron chi connectivity index (χ0n) is 34.8. The molecule has 0 aromatic rings. The minimum atomic E-state index is -3.20. The lowest BCUT2D eigenvalue weighted by molar-refractivity contribution is -0.292. The molecule has 14 nitrogen and oxygen atoms in total. The van der Waals surface area contributed by atoms with E-state index in [1.54, 1.807) is 20.8 Å². The number of Topliss-reactive ketones (excluding diaryl/α,β-unsaturated/α-hetero) is 2. The molecule has 54 heavy (non-hydrogen) atoms. The summed E-state index contributed by atoms with van der Waals surface area (Å²) in [4.78, 5) is 57.9. The lowest BCUT2D eigenvalue weighted by Gasteiger charge is -2.50. The largest absolute Gasteiger partial charge is 0.456 e. The Kier molecular flexibility index (Phi) is 14.7. The summed E-state index contributed by atoms with van der Waals surface area (Å²) >= 11 is 0. The molecule has 3 aliphatic rings. The number of fused-ring (bicyclic) bond motifs is 1. The Morgan fingerprint density at radius 2 is 1.59 bits per heavy atom. The van der Waals surface area contributed by atoms with E-state index >= 15 is 4.39 Å². The first-order valence-corrected chi connectivity index (χ1v) is 21.9. The monoisotopic (exact) mass is 787 g/mol. The number of esters is 2. The second-order valence-electron chi connectivity index (χ2n) is 16.6. The molecular formula is C38H66FN3O11Si. The van der Waals surface area contributed by atoms with Crippen molar-refractivity contribution < 1.29 is 56.9 Å². The zero-order chi connectivity index (χ0) is 41.3. The Labute approximate surface area is 321 Å². The average Bonchev–Trinajstić information content (AvgIpc) is 3.41. The number of carbonyl (C=O) groups is 4. The summed E-state index contributed by atoms with van der Waals surface area (Å²) in [5.74, 6) is -9.99. The van der Waals surface area contributed by atoms with Crippen LogP contribution in [-0.4, -0.2) is 123 Å². The van der Waals surface area contributed by atoms with Gasteiger partial charge in [-0.25, -0.2) is 9.18 Å². The number of amidine groups is 1. The van der Waals surface area contributed by atoms with Gasteiger partial charge in [-0.15, -0.1) is 0 Å². The summed E-state index contributed by atoms with van der Waals surface area (Å²) in [6.07, 6.45) is -3.90. The first-order valence-electron chi connectivity index (χ1n) is 19.3. The zero-order valence-corrected chi connectivity index (χ0v) is 35.8. The van der Waals surface area contributed by atoms with E-state index in [1.807, 2.05) is 21.0 Å². The number of alkyl halides is 1. The molecule has 14 atom stereocenters. The number of nitrogens with two attached hydrogens (primary N) is 1. The number of oxime groups is 1. The van der Waals surface area contributed by atoms with Gasteiger partial charge < -0.3 is 44.0 Å². The fourth-order valence-electron chi connectivity index (χ4n) is 9.03. The predicted octanol–water partition coefficient (Wildman–Crippen LogP) is 4.64. The molecule has 0 spiro atoms. The highest BCUT2D eigenvalue weighted by Crippen LogP contribution is 2.48. The SMILES string of the molecule is CC[Si](CC)(CC)O[C@H]1[C@H](O[C@@H]2[C@@H](C)C(=O)[C@](C)(F)C(=O)O[C@@H](C)[C@]3(C)OC(=O)[C@@H](/C(N)=N/O)[C@@H]3[C@@H](C)C(=O)[C@H](C)C[C@@]2(C)OC)O[C@H](C)C[C@@H]1N(C)C. The van der Waals surface area contributed by atoms with Crippen LogP contribution in [0.2, 0.25) is 18.1 Å². The van der Waals surface area contributed by atoms with Crippen molar-refractivity contribution in [3.8, 4) is 0 Å². The second-order valence-corrected chi connectivity index (χ2v) is 21.3. The number of hydrogen-bond acceptors (Lipinski definition) is 13. The van der Waals surface area contributed by atoms with Crippen LogP contribution in [0.4, 0.5) is 4.39 Å². The molecule has 3 aliphatic heterocycles.